The van der Waals surface area contributed by atoms with Gasteiger partial charge in [-0.15, -0.1) is 24.0 Å². The number of ether oxygens (including phenoxy) is 2. The predicted molar refractivity (Wildman–Crippen MR) is 134 cm³/mol. The summed E-state index contributed by atoms with van der Waals surface area (Å²) in [5.41, 5.74) is 3.71. The number of rotatable bonds is 8. The van der Waals surface area contributed by atoms with Gasteiger partial charge in [-0.2, -0.15) is 0 Å². The fourth-order valence-electron chi connectivity index (χ4n) is 3.82. The molecule has 2 aromatic carbocycles. The van der Waals surface area contributed by atoms with Gasteiger partial charge in [-0.3, -0.25) is 4.99 Å². The number of methoxy groups -OCH3 is 1. The van der Waals surface area contributed by atoms with Gasteiger partial charge in [0.15, 0.2) is 5.96 Å². The zero-order chi connectivity index (χ0) is 20.5. The standard InChI is InChI=1S/C24H33N3O2.HI/c1-19-9-10-23(28-3)22(15-19)11-13-26-24(25-2)27-14-12-21(16-27)18-29-17-20-7-5-4-6-8-20;/h4-10,15,21H,11-14,16-18H2,1-3H3,(H,25,26);1H. The molecule has 0 amide bonds. The Morgan fingerprint density at radius 3 is 2.73 bits per heavy atom. The molecule has 2 aromatic rings. The van der Waals surface area contributed by atoms with Crippen molar-refractivity contribution in [2.24, 2.45) is 10.9 Å². The van der Waals surface area contributed by atoms with E-state index in [0.717, 1.165) is 50.8 Å². The van der Waals surface area contributed by atoms with Crippen molar-refractivity contribution in [2.75, 3.05) is 40.4 Å². The van der Waals surface area contributed by atoms with Crippen molar-refractivity contribution >= 4 is 29.9 Å². The summed E-state index contributed by atoms with van der Waals surface area (Å²) in [6.45, 7) is 6.43. The van der Waals surface area contributed by atoms with Crippen LogP contribution in [0.1, 0.15) is 23.1 Å². The molecule has 0 spiro atoms. The van der Waals surface area contributed by atoms with Gasteiger partial charge < -0.3 is 19.7 Å². The molecule has 0 aliphatic carbocycles. The number of nitrogens with zero attached hydrogens (tertiary/aromatic N) is 2. The van der Waals surface area contributed by atoms with Gasteiger partial charge in [-0.1, -0.05) is 48.0 Å². The summed E-state index contributed by atoms with van der Waals surface area (Å²) >= 11 is 0. The van der Waals surface area contributed by atoms with E-state index in [0.29, 0.717) is 12.5 Å². The lowest BCUT2D eigenvalue weighted by atomic mass is 10.1. The molecule has 0 bridgehead atoms. The SMILES string of the molecule is CN=C(NCCc1cc(C)ccc1OC)N1CCC(COCc2ccccc2)C1.I. The van der Waals surface area contributed by atoms with E-state index >= 15 is 0 Å². The highest BCUT2D eigenvalue weighted by molar-refractivity contribution is 14.0. The summed E-state index contributed by atoms with van der Waals surface area (Å²) in [6, 6.07) is 16.7. The molecule has 1 aliphatic rings. The Labute approximate surface area is 197 Å². The Kier molecular flexibility index (Phi) is 10.4. The summed E-state index contributed by atoms with van der Waals surface area (Å²) in [5.74, 6) is 2.47. The molecule has 1 saturated heterocycles. The van der Waals surface area contributed by atoms with Gasteiger partial charge >= 0.3 is 0 Å². The summed E-state index contributed by atoms with van der Waals surface area (Å²) < 4.78 is 11.4. The molecule has 0 radical (unpaired) electrons. The minimum Gasteiger partial charge on any atom is -0.496 e. The molecule has 164 valence electrons. The van der Waals surface area contributed by atoms with E-state index in [1.807, 2.05) is 19.2 Å². The van der Waals surface area contributed by atoms with Gasteiger partial charge in [0, 0.05) is 32.6 Å². The van der Waals surface area contributed by atoms with E-state index in [9.17, 15) is 0 Å². The Morgan fingerprint density at radius 2 is 2.00 bits per heavy atom. The number of likely N-dealkylation sites (tertiary alicyclic amines) is 1. The van der Waals surface area contributed by atoms with Crippen LogP contribution in [0, 0.1) is 12.8 Å². The fraction of sp³-hybridized carbons (Fsp3) is 0.458. The van der Waals surface area contributed by atoms with E-state index in [2.05, 4.69) is 58.5 Å². The van der Waals surface area contributed by atoms with Crippen molar-refractivity contribution in [1.82, 2.24) is 10.2 Å². The largest absolute Gasteiger partial charge is 0.496 e. The van der Waals surface area contributed by atoms with E-state index in [4.69, 9.17) is 9.47 Å². The summed E-state index contributed by atoms with van der Waals surface area (Å²) in [4.78, 5) is 6.82. The van der Waals surface area contributed by atoms with Crippen molar-refractivity contribution in [3.05, 3.63) is 65.2 Å². The lowest BCUT2D eigenvalue weighted by Crippen LogP contribution is -2.41. The second kappa shape index (κ2) is 12.8. The lowest BCUT2D eigenvalue weighted by Gasteiger charge is -2.22. The molecule has 1 aliphatic heterocycles. The van der Waals surface area contributed by atoms with Crippen LogP contribution in [-0.4, -0.2) is 51.3 Å². The van der Waals surface area contributed by atoms with Gasteiger partial charge in [0.25, 0.3) is 0 Å². The molecule has 5 nitrogen and oxygen atoms in total. The normalized spacial score (nSPS) is 16.3. The zero-order valence-electron chi connectivity index (χ0n) is 18.3. The fourth-order valence-corrected chi connectivity index (χ4v) is 3.82. The maximum absolute atomic E-state index is 5.94. The predicted octanol–water partition coefficient (Wildman–Crippen LogP) is 4.28. The third-order valence-electron chi connectivity index (χ3n) is 5.38. The van der Waals surface area contributed by atoms with Crippen LogP contribution in [0.3, 0.4) is 0 Å². The molecule has 1 atom stereocenters. The average Bonchev–Trinajstić information content (AvgIpc) is 3.21. The number of aryl methyl sites for hydroxylation is 1. The number of hydrogen-bond donors (Lipinski definition) is 1. The van der Waals surface area contributed by atoms with Crippen LogP contribution in [0.4, 0.5) is 0 Å². The van der Waals surface area contributed by atoms with Gasteiger partial charge in [-0.05, 0) is 37.0 Å². The van der Waals surface area contributed by atoms with Crippen LogP contribution in [-0.2, 0) is 17.8 Å². The molecule has 1 N–H and O–H groups in total. The third kappa shape index (κ3) is 7.16. The number of nitrogens with one attached hydrogen (secondary N) is 1. The second-order valence-corrected chi connectivity index (χ2v) is 7.64. The van der Waals surface area contributed by atoms with Gasteiger partial charge in [0.2, 0.25) is 0 Å². The highest BCUT2D eigenvalue weighted by atomic mass is 127. The molecule has 1 unspecified atom stereocenters. The van der Waals surface area contributed by atoms with Crippen molar-refractivity contribution in [3.8, 4) is 5.75 Å². The number of guanidine groups is 1. The molecular weight excluding hydrogens is 489 g/mol. The first-order valence-corrected chi connectivity index (χ1v) is 10.4. The molecule has 3 rings (SSSR count). The zero-order valence-corrected chi connectivity index (χ0v) is 20.6. The molecule has 0 saturated carbocycles. The highest BCUT2D eigenvalue weighted by Gasteiger charge is 2.24. The molecule has 0 aromatic heterocycles. The van der Waals surface area contributed by atoms with Crippen LogP contribution in [0.5, 0.6) is 5.75 Å². The molecular formula is C24H34IN3O2. The monoisotopic (exact) mass is 523 g/mol. The Hall–Kier alpha value is -1.80. The van der Waals surface area contributed by atoms with Crippen molar-refractivity contribution in [2.45, 2.75) is 26.4 Å². The van der Waals surface area contributed by atoms with Crippen LogP contribution < -0.4 is 10.1 Å². The molecule has 30 heavy (non-hydrogen) atoms. The first-order chi connectivity index (χ1) is 14.2. The Morgan fingerprint density at radius 1 is 1.20 bits per heavy atom. The summed E-state index contributed by atoms with van der Waals surface area (Å²) in [7, 11) is 3.58. The number of benzene rings is 2. The lowest BCUT2D eigenvalue weighted by molar-refractivity contribution is 0.0907. The van der Waals surface area contributed by atoms with Crippen molar-refractivity contribution in [3.63, 3.8) is 0 Å². The number of halogens is 1. The van der Waals surface area contributed by atoms with Crippen LogP contribution in [0.15, 0.2) is 53.5 Å². The molecule has 1 heterocycles. The number of aliphatic imine (C=N–C) groups is 1. The minimum absolute atomic E-state index is 0. The quantitative estimate of drug-likeness (QED) is 0.319. The van der Waals surface area contributed by atoms with Crippen LogP contribution in [0.25, 0.3) is 0 Å². The van der Waals surface area contributed by atoms with Crippen LogP contribution in [0.2, 0.25) is 0 Å². The summed E-state index contributed by atoms with van der Waals surface area (Å²) in [5, 5.41) is 3.51. The molecule has 1 fully saturated rings. The minimum atomic E-state index is 0. The van der Waals surface area contributed by atoms with Crippen LogP contribution >= 0.6 is 24.0 Å². The first-order valence-electron chi connectivity index (χ1n) is 10.4. The van der Waals surface area contributed by atoms with E-state index < -0.39 is 0 Å². The smallest absolute Gasteiger partial charge is 0.193 e. The first kappa shape index (κ1) is 24.5. The van der Waals surface area contributed by atoms with Crippen molar-refractivity contribution < 1.29 is 9.47 Å². The van der Waals surface area contributed by atoms with Gasteiger partial charge in [-0.25, -0.2) is 0 Å². The van der Waals surface area contributed by atoms with Gasteiger partial charge in [0.1, 0.15) is 5.75 Å². The van der Waals surface area contributed by atoms with Crippen molar-refractivity contribution in [1.29, 1.82) is 0 Å². The maximum atomic E-state index is 5.94. The van der Waals surface area contributed by atoms with E-state index in [1.54, 1.807) is 7.11 Å². The second-order valence-electron chi connectivity index (χ2n) is 7.64. The van der Waals surface area contributed by atoms with E-state index in [-0.39, 0.29) is 24.0 Å². The Bertz CT molecular complexity index is 798. The average molecular weight is 523 g/mol. The highest BCUT2D eigenvalue weighted by Crippen LogP contribution is 2.20. The maximum Gasteiger partial charge on any atom is 0.193 e. The third-order valence-corrected chi connectivity index (χ3v) is 5.38. The number of hydrogen-bond acceptors (Lipinski definition) is 3. The molecule has 6 heteroatoms. The Balaban J connectivity index is 0.00000320. The topological polar surface area (TPSA) is 46.1 Å². The summed E-state index contributed by atoms with van der Waals surface area (Å²) in [6.07, 6.45) is 2.04. The van der Waals surface area contributed by atoms with Gasteiger partial charge in [0.05, 0.1) is 20.3 Å². The van der Waals surface area contributed by atoms with E-state index in [1.165, 1.54) is 16.7 Å².